The van der Waals surface area contributed by atoms with Crippen LogP contribution in [0.15, 0.2) is 0 Å². The standard InChI is InChI=1S/C15H33N5O6S3.Y/c21-27(22)13-19-10-7-16-1-2-17(8-11-19)4-6-18(5-3-16)9-12-20(14-28(23)24)15-29(25)26;/h1-15H2,(H,21,22)(H,23,24)(H,25,26);. The summed E-state index contributed by atoms with van der Waals surface area (Å²) in [6, 6.07) is 0. The summed E-state index contributed by atoms with van der Waals surface area (Å²) >= 11 is -5.91. The second kappa shape index (κ2) is 16.0. The molecule has 2 bridgehead atoms. The monoisotopic (exact) mass is 564 g/mol. The Morgan fingerprint density at radius 3 is 1.43 bits per heavy atom. The molecule has 5 atom stereocenters. The minimum absolute atomic E-state index is 0. The van der Waals surface area contributed by atoms with Gasteiger partial charge in [-0.2, -0.15) is 0 Å². The average Bonchev–Trinajstić information content (AvgIpc) is 2.77. The normalized spacial score (nSPS) is 27.6. The molecule has 30 heavy (non-hydrogen) atoms. The zero-order valence-corrected chi connectivity index (χ0v) is 22.5. The predicted molar refractivity (Wildman–Crippen MR) is 115 cm³/mol. The summed E-state index contributed by atoms with van der Waals surface area (Å²) in [5.74, 6) is -0.0942. The number of nitrogens with zero attached hydrogens (tertiary/aromatic N) is 5. The van der Waals surface area contributed by atoms with Crippen molar-refractivity contribution >= 4 is 33.2 Å². The van der Waals surface area contributed by atoms with Crippen molar-refractivity contribution in [2.45, 2.75) is 0 Å². The molecule has 11 nitrogen and oxygen atoms in total. The van der Waals surface area contributed by atoms with Crippen molar-refractivity contribution in [3.05, 3.63) is 0 Å². The first-order valence-corrected chi connectivity index (χ1v) is 13.5. The summed E-state index contributed by atoms with van der Waals surface area (Å²) < 4.78 is 60.9. The summed E-state index contributed by atoms with van der Waals surface area (Å²) in [5, 5.41) is 0. The van der Waals surface area contributed by atoms with Gasteiger partial charge >= 0.3 is 0 Å². The molecule has 2 saturated heterocycles. The third-order valence-corrected chi connectivity index (χ3v) is 7.03. The van der Waals surface area contributed by atoms with Gasteiger partial charge in [0.15, 0.2) is 33.2 Å². The van der Waals surface area contributed by atoms with Gasteiger partial charge in [-0.3, -0.25) is 24.5 Å². The summed E-state index contributed by atoms with van der Waals surface area (Å²) in [4.78, 5) is 10.6. The number of hydrogen-bond acceptors (Lipinski definition) is 8. The summed E-state index contributed by atoms with van der Waals surface area (Å²) in [5.41, 5.74) is 0. The van der Waals surface area contributed by atoms with Crippen LogP contribution in [0.25, 0.3) is 0 Å². The maximum absolute atomic E-state index is 11.2. The van der Waals surface area contributed by atoms with Gasteiger partial charge in [0.25, 0.3) is 0 Å². The quantitative estimate of drug-likeness (QED) is 0.271. The molecular formula is C15H33N5O6S3Y. The average molecular weight is 565 g/mol. The van der Waals surface area contributed by atoms with Crippen LogP contribution in [0, 0.1) is 0 Å². The minimum Gasteiger partial charge on any atom is -0.305 e. The van der Waals surface area contributed by atoms with E-state index in [0.29, 0.717) is 13.1 Å². The van der Waals surface area contributed by atoms with Crippen molar-refractivity contribution < 1.29 is 59.0 Å². The minimum atomic E-state index is -2.04. The fraction of sp³-hybridized carbons (Fsp3) is 1.00. The molecule has 2 rings (SSSR count). The predicted octanol–water partition coefficient (Wildman–Crippen LogP) is -1.94. The Bertz CT molecular complexity index is 545. The van der Waals surface area contributed by atoms with Crippen LogP contribution in [0.3, 0.4) is 0 Å². The summed E-state index contributed by atoms with van der Waals surface area (Å²) in [6.45, 7) is 9.69. The molecule has 3 N–H and O–H groups in total. The van der Waals surface area contributed by atoms with Crippen molar-refractivity contribution in [2.24, 2.45) is 0 Å². The van der Waals surface area contributed by atoms with Gasteiger partial charge in [-0.25, -0.2) is 12.6 Å². The molecule has 0 aromatic carbocycles. The van der Waals surface area contributed by atoms with Crippen LogP contribution in [0.1, 0.15) is 0 Å². The molecule has 5 unspecified atom stereocenters. The fourth-order valence-corrected chi connectivity index (χ4v) is 5.33. The Labute approximate surface area is 211 Å². The van der Waals surface area contributed by atoms with Crippen LogP contribution in [-0.4, -0.2) is 147 Å². The van der Waals surface area contributed by atoms with Gasteiger partial charge in [0.1, 0.15) is 17.6 Å². The first kappa shape index (κ1) is 29.3. The molecule has 2 heterocycles. The van der Waals surface area contributed by atoms with Crippen LogP contribution >= 0.6 is 0 Å². The zero-order chi connectivity index (χ0) is 21.2. The number of rotatable bonds is 9. The smallest absolute Gasteiger partial charge is 0.167 e. The van der Waals surface area contributed by atoms with Crippen molar-refractivity contribution in [3.63, 3.8) is 0 Å². The zero-order valence-electron chi connectivity index (χ0n) is 17.2. The Kier molecular flexibility index (Phi) is 15.6. The molecule has 15 heteroatoms. The van der Waals surface area contributed by atoms with E-state index in [0.717, 1.165) is 65.4 Å². The van der Waals surface area contributed by atoms with E-state index in [9.17, 15) is 17.2 Å². The largest absolute Gasteiger partial charge is 0.305 e. The summed E-state index contributed by atoms with van der Waals surface area (Å²) in [6.07, 6.45) is 0. The van der Waals surface area contributed by atoms with Gasteiger partial charge in [0.05, 0.1) is 0 Å². The molecule has 0 amide bonds. The van der Waals surface area contributed by atoms with Crippen molar-refractivity contribution in [1.82, 2.24) is 24.5 Å². The Morgan fingerprint density at radius 2 is 1.03 bits per heavy atom. The second-order valence-electron chi connectivity index (χ2n) is 7.39. The molecule has 1 radical (unpaired) electrons. The van der Waals surface area contributed by atoms with E-state index in [1.807, 2.05) is 4.90 Å². The topological polar surface area (TPSA) is 128 Å². The third kappa shape index (κ3) is 12.5. The molecule has 2 aliphatic rings. The Balaban J connectivity index is 0.00000450. The van der Waals surface area contributed by atoms with E-state index >= 15 is 0 Å². The van der Waals surface area contributed by atoms with E-state index in [2.05, 4.69) is 14.7 Å². The van der Waals surface area contributed by atoms with E-state index < -0.39 is 33.2 Å². The molecule has 175 valence electrons. The Morgan fingerprint density at radius 1 is 0.633 bits per heavy atom. The Hall–Kier alpha value is 1.23. The molecule has 2 fully saturated rings. The van der Waals surface area contributed by atoms with Crippen LogP contribution < -0.4 is 0 Å². The van der Waals surface area contributed by atoms with E-state index in [1.165, 1.54) is 0 Å². The van der Waals surface area contributed by atoms with E-state index in [-0.39, 0.29) is 50.3 Å². The van der Waals surface area contributed by atoms with Gasteiger partial charge in [0.2, 0.25) is 0 Å². The van der Waals surface area contributed by atoms with Crippen molar-refractivity contribution in [2.75, 3.05) is 96.2 Å². The maximum atomic E-state index is 11.2. The summed E-state index contributed by atoms with van der Waals surface area (Å²) in [7, 11) is 0. The van der Waals surface area contributed by atoms with E-state index in [1.54, 1.807) is 4.90 Å². The van der Waals surface area contributed by atoms with Gasteiger partial charge in [-0.1, -0.05) is 0 Å². The van der Waals surface area contributed by atoms with Gasteiger partial charge in [-0.05, 0) is 0 Å². The first-order valence-electron chi connectivity index (χ1n) is 9.66. The van der Waals surface area contributed by atoms with Gasteiger partial charge in [-0.15, -0.1) is 0 Å². The van der Waals surface area contributed by atoms with Gasteiger partial charge < -0.3 is 13.7 Å². The number of fused-ring (bicyclic) bond motifs is 3. The molecule has 0 aromatic rings. The molecule has 0 saturated carbocycles. The second-order valence-corrected chi connectivity index (χ2v) is 10.1. The van der Waals surface area contributed by atoms with Crippen molar-refractivity contribution in [1.29, 1.82) is 0 Å². The van der Waals surface area contributed by atoms with Crippen LogP contribution in [0.2, 0.25) is 0 Å². The molecule has 0 aromatic heterocycles. The fourth-order valence-electron chi connectivity index (χ4n) is 3.58. The molecular weight excluding hydrogens is 531 g/mol. The molecule has 0 spiro atoms. The molecule has 2 aliphatic heterocycles. The van der Waals surface area contributed by atoms with E-state index in [4.69, 9.17) is 9.11 Å². The van der Waals surface area contributed by atoms with Gasteiger partial charge in [0, 0.05) is 111 Å². The van der Waals surface area contributed by atoms with Crippen LogP contribution in [-0.2, 0) is 66.0 Å². The molecule has 0 aliphatic carbocycles. The SMILES string of the molecule is O=S(O)CN1CCN2CCN(CCN(CCN(CS(=O)O)CS(=O)O)CC2)CC1.[Y]. The van der Waals surface area contributed by atoms with Crippen molar-refractivity contribution in [3.8, 4) is 0 Å². The third-order valence-electron chi connectivity index (χ3n) is 5.27. The maximum Gasteiger partial charge on any atom is 0.167 e. The van der Waals surface area contributed by atoms with Crippen LogP contribution in [0.4, 0.5) is 0 Å². The van der Waals surface area contributed by atoms with Crippen LogP contribution in [0.5, 0.6) is 0 Å². The number of hydrogen-bond donors (Lipinski definition) is 3. The first-order chi connectivity index (χ1) is 13.8.